The first-order valence-electron chi connectivity index (χ1n) is 8.88. The summed E-state index contributed by atoms with van der Waals surface area (Å²) in [5, 5.41) is 12.0. The van der Waals surface area contributed by atoms with Crippen LogP contribution in [0.4, 0.5) is 13.2 Å². The van der Waals surface area contributed by atoms with E-state index in [9.17, 15) is 22.8 Å². The molecule has 0 aliphatic heterocycles. The number of aliphatic carboxylic acids is 1. The molecule has 1 aliphatic rings. The van der Waals surface area contributed by atoms with E-state index in [4.69, 9.17) is 5.11 Å². The van der Waals surface area contributed by atoms with Gasteiger partial charge in [0.1, 0.15) is 0 Å². The van der Waals surface area contributed by atoms with Gasteiger partial charge < -0.3 is 15.2 Å². The Bertz CT molecular complexity index is 883. The summed E-state index contributed by atoms with van der Waals surface area (Å²) in [4.78, 5) is 27.2. The number of carbonyl (C=O) groups excluding carboxylic acids is 1. The smallest absolute Gasteiger partial charge is 0.387 e. The fourth-order valence-corrected chi connectivity index (χ4v) is 3.47. The maximum Gasteiger partial charge on any atom is 0.387 e. The van der Waals surface area contributed by atoms with Crippen molar-refractivity contribution in [3.05, 3.63) is 35.8 Å². The van der Waals surface area contributed by atoms with E-state index in [1.54, 1.807) is 0 Å². The highest BCUT2D eigenvalue weighted by molar-refractivity contribution is 5.97. The molecule has 1 heterocycles. The molecule has 0 atom stereocenters. The molecule has 3 rings (SSSR count). The molecule has 1 aromatic carbocycles. The largest absolute Gasteiger partial charge is 0.481 e. The molecule has 2 N–H and O–H groups in total. The molecule has 1 amide bonds. The van der Waals surface area contributed by atoms with E-state index < -0.39 is 24.1 Å². The van der Waals surface area contributed by atoms with Crippen molar-refractivity contribution in [1.29, 1.82) is 0 Å². The minimum atomic E-state index is -3.15. The van der Waals surface area contributed by atoms with E-state index >= 15 is 0 Å². The number of carboxylic acids is 1. The average molecular weight is 396 g/mol. The first kappa shape index (κ1) is 19.9. The van der Waals surface area contributed by atoms with Crippen molar-refractivity contribution in [2.75, 3.05) is 0 Å². The third-order valence-electron chi connectivity index (χ3n) is 4.86. The number of carboxylic acid groups (broad SMARTS) is 1. The third kappa shape index (κ3) is 4.90. The number of rotatable bonds is 6. The monoisotopic (exact) mass is 396 g/mol. The lowest BCUT2D eigenvalue weighted by atomic mass is 9.84. The van der Waals surface area contributed by atoms with Gasteiger partial charge in [0.2, 0.25) is 0 Å². The molecule has 2 aromatic rings. The molecule has 1 fully saturated rings. The van der Waals surface area contributed by atoms with Gasteiger partial charge >= 0.3 is 12.6 Å². The van der Waals surface area contributed by atoms with Gasteiger partial charge in [-0.05, 0) is 43.7 Å². The number of hydrogen-bond donors (Lipinski definition) is 2. The van der Waals surface area contributed by atoms with E-state index in [2.05, 4.69) is 15.0 Å². The van der Waals surface area contributed by atoms with Crippen LogP contribution in [0.25, 0.3) is 10.9 Å². The van der Waals surface area contributed by atoms with E-state index in [1.165, 1.54) is 12.3 Å². The van der Waals surface area contributed by atoms with Gasteiger partial charge in [-0.25, -0.2) is 4.39 Å². The molecular formula is C19H19F3N2O4. The van der Waals surface area contributed by atoms with Crippen molar-refractivity contribution in [3.63, 3.8) is 0 Å². The molecule has 1 saturated carbocycles. The van der Waals surface area contributed by atoms with Gasteiger partial charge in [0.25, 0.3) is 5.91 Å². The second kappa shape index (κ2) is 8.45. The molecule has 1 aromatic heterocycles. The van der Waals surface area contributed by atoms with E-state index in [0.717, 1.165) is 25.0 Å². The fraction of sp³-hybridized carbons (Fsp3) is 0.421. The van der Waals surface area contributed by atoms with Crippen LogP contribution in [0, 0.1) is 11.7 Å². The molecule has 150 valence electrons. The molecule has 28 heavy (non-hydrogen) atoms. The molecule has 1 aliphatic carbocycles. The number of fused-ring (bicyclic) bond motifs is 1. The van der Waals surface area contributed by atoms with Crippen LogP contribution >= 0.6 is 0 Å². The fourth-order valence-electron chi connectivity index (χ4n) is 3.47. The highest BCUT2D eigenvalue weighted by Gasteiger charge is 2.24. The van der Waals surface area contributed by atoms with Crippen LogP contribution in [0.5, 0.6) is 5.75 Å². The number of hydrogen-bond acceptors (Lipinski definition) is 4. The van der Waals surface area contributed by atoms with Gasteiger partial charge in [-0.1, -0.05) is 0 Å². The number of carbonyl (C=O) groups is 2. The molecule has 0 spiro atoms. The average Bonchev–Trinajstić information content (AvgIpc) is 2.62. The topological polar surface area (TPSA) is 88.5 Å². The quantitative estimate of drug-likeness (QED) is 0.777. The summed E-state index contributed by atoms with van der Waals surface area (Å²) in [6, 6.07) is 3.42. The number of ether oxygens (including phenoxy) is 1. The van der Waals surface area contributed by atoms with Crippen molar-refractivity contribution in [2.45, 2.75) is 44.8 Å². The number of nitrogens with zero attached hydrogens (tertiary/aromatic N) is 1. The number of nitrogens with one attached hydrogen (secondary N) is 1. The van der Waals surface area contributed by atoms with E-state index in [-0.39, 0.29) is 40.8 Å². The minimum Gasteiger partial charge on any atom is -0.481 e. The van der Waals surface area contributed by atoms with Crippen molar-refractivity contribution in [2.24, 2.45) is 5.92 Å². The molecule has 0 unspecified atom stereocenters. The van der Waals surface area contributed by atoms with E-state index in [1.807, 2.05) is 0 Å². The third-order valence-corrected chi connectivity index (χ3v) is 4.86. The van der Waals surface area contributed by atoms with Crippen LogP contribution in [-0.4, -0.2) is 34.6 Å². The van der Waals surface area contributed by atoms with Crippen molar-refractivity contribution in [1.82, 2.24) is 10.3 Å². The number of pyridine rings is 1. The Morgan fingerprint density at radius 1 is 1.21 bits per heavy atom. The van der Waals surface area contributed by atoms with Crippen molar-refractivity contribution in [3.8, 4) is 5.75 Å². The summed E-state index contributed by atoms with van der Waals surface area (Å²) in [6.07, 6.45) is 4.26. The zero-order valence-electron chi connectivity index (χ0n) is 14.8. The number of benzene rings is 1. The van der Waals surface area contributed by atoms with Gasteiger partial charge in [-0.2, -0.15) is 8.78 Å². The first-order valence-corrected chi connectivity index (χ1v) is 8.88. The normalized spacial score (nSPS) is 19.6. The SMILES string of the molecule is O=C(O)C[C@H]1CC[C@H](NC(=O)c2cnc3cc(OC(F)F)c(F)cc3c2)CC1. The standard InChI is InChI=1S/C19H19F3N2O4/c20-14-7-11-6-12(9-23-15(11)8-16(14)28-19(21)22)18(27)24-13-3-1-10(2-4-13)5-17(25)26/h6-10,13,19H,1-5H2,(H,24,27)(H,25,26)/t10-,13-. The lowest BCUT2D eigenvalue weighted by molar-refractivity contribution is -0.138. The Kier molecular flexibility index (Phi) is 6.01. The van der Waals surface area contributed by atoms with Crippen LogP contribution < -0.4 is 10.1 Å². The predicted octanol–water partition coefficient (Wildman–Crippen LogP) is 3.74. The minimum absolute atomic E-state index is 0.0632. The van der Waals surface area contributed by atoms with Crippen LogP contribution in [0.15, 0.2) is 24.4 Å². The van der Waals surface area contributed by atoms with Crippen LogP contribution in [0.3, 0.4) is 0 Å². The highest BCUT2D eigenvalue weighted by Crippen LogP contribution is 2.28. The molecule has 9 heteroatoms. The molecule has 0 bridgehead atoms. The molecular weight excluding hydrogens is 377 g/mol. The second-order valence-electron chi connectivity index (χ2n) is 6.87. The summed E-state index contributed by atoms with van der Waals surface area (Å²) in [6.45, 7) is -3.15. The van der Waals surface area contributed by atoms with Gasteiger partial charge in [0.05, 0.1) is 11.1 Å². The Morgan fingerprint density at radius 2 is 1.93 bits per heavy atom. The summed E-state index contributed by atoms with van der Waals surface area (Å²) >= 11 is 0. The number of amides is 1. The molecule has 6 nitrogen and oxygen atoms in total. The summed E-state index contributed by atoms with van der Waals surface area (Å²) in [5.74, 6) is -2.64. The van der Waals surface area contributed by atoms with Crippen molar-refractivity contribution >= 4 is 22.8 Å². The lowest BCUT2D eigenvalue weighted by Gasteiger charge is -2.28. The predicted molar refractivity (Wildman–Crippen MR) is 93.8 cm³/mol. The summed E-state index contributed by atoms with van der Waals surface area (Å²) < 4.78 is 42.6. The highest BCUT2D eigenvalue weighted by atomic mass is 19.3. The maximum absolute atomic E-state index is 13.9. The van der Waals surface area contributed by atoms with Gasteiger partial charge in [-0.15, -0.1) is 0 Å². The summed E-state index contributed by atoms with van der Waals surface area (Å²) in [5.41, 5.74) is 0.449. The first-order chi connectivity index (χ1) is 13.3. The molecule has 0 saturated heterocycles. The lowest BCUT2D eigenvalue weighted by Crippen LogP contribution is -2.37. The zero-order chi connectivity index (χ0) is 20.3. The van der Waals surface area contributed by atoms with Crippen LogP contribution in [0.1, 0.15) is 42.5 Å². The molecule has 0 radical (unpaired) electrons. The Morgan fingerprint density at radius 3 is 2.57 bits per heavy atom. The van der Waals surface area contributed by atoms with Crippen LogP contribution in [-0.2, 0) is 4.79 Å². The zero-order valence-corrected chi connectivity index (χ0v) is 14.8. The number of aromatic nitrogens is 1. The number of alkyl halides is 2. The second-order valence-corrected chi connectivity index (χ2v) is 6.87. The Hall–Kier alpha value is -2.84. The summed E-state index contributed by atoms with van der Waals surface area (Å²) in [7, 11) is 0. The van der Waals surface area contributed by atoms with Crippen LogP contribution in [0.2, 0.25) is 0 Å². The Balaban J connectivity index is 1.66. The van der Waals surface area contributed by atoms with Crippen molar-refractivity contribution < 1.29 is 32.6 Å². The van der Waals surface area contributed by atoms with Gasteiger partial charge in [0, 0.05) is 30.1 Å². The van der Waals surface area contributed by atoms with Gasteiger partial charge in [-0.3, -0.25) is 14.6 Å². The van der Waals surface area contributed by atoms with E-state index in [0.29, 0.717) is 12.8 Å². The Labute approximate surface area is 158 Å². The maximum atomic E-state index is 13.9. The van der Waals surface area contributed by atoms with Gasteiger partial charge in [0.15, 0.2) is 11.6 Å². The number of halogens is 3.